The van der Waals surface area contributed by atoms with Crippen LogP contribution in [0.2, 0.25) is 0 Å². The Balaban J connectivity index is 2.83. The van der Waals surface area contributed by atoms with Gasteiger partial charge >= 0.3 is 5.97 Å². The molecule has 0 aliphatic heterocycles. The van der Waals surface area contributed by atoms with Crippen LogP contribution in [0.5, 0.6) is 0 Å². The van der Waals surface area contributed by atoms with Crippen LogP contribution in [0, 0.1) is 5.41 Å². The Labute approximate surface area is 101 Å². The van der Waals surface area contributed by atoms with Gasteiger partial charge in [-0.05, 0) is 23.6 Å². The average molecular weight is 243 g/mol. The summed E-state index contributed by atoms with van der Waals surface area (Å²) in [6.07, 6.45) is 1.42. The lowest BCUT2D eigenvalue weighted by Crippen LogP contribution is -2.15. The molecule has 0 saturated heterocycles. The van der Waals surface area contributed by atoms with Crippen LogP contribution in [0.15, 0.2) is 23.0 Å². The Kier molecular flexibility index (Phi) is 3.03. The molecule has 1 aromatic heterocycles. The second kappa shape index (κ2) is 4.65. The molecule has 0 atom stereocenters. The summed E-state index contributed by atoms with van der Waals surface area (Å²) >= 11 is 0. The summed E-state index contributed by atoms with van der Waals surface area (Å²) in [4.78, 5) is 23.1. The van der Waals surface area contributed by atoms with E-state index in [9.17, 15) is 9.59 Å². The van der Waals surface area contributed by atoms with Crippen molar-refractivity contribution in [2.45, 2.75) is 0 Å². The van der Waals surface area contributed by atoms with Crippen LogP contribution in [-0.2, 0) is 4.74 Å². The molecule has 6 heteroatoms. The van der Waals surface area contributed by atoms with Crippen LogP contribution in [-0.4, -0.2) is 29.1 Å². The van der Waals surface area contributed by atoms with E-state index >= 15 is 0 Å². The van der Waals surface area contributed by atoms with Gasteiger partial charge in [-0.15, -0.1) is 0 Å². The summed E-state index contributed by atoms with van der Waals surface area (Å²) in [7, 11) is 1.24. The molecule has 2 aromatic rings. The fourth-order valence-corrected chi connectivity index (χ4v) is 1.61. The number of nitrogens with one attached hydrogen (secondary N) is 2. The van der Waals surface area contributed by atoms with E-state index in [-0.39, 0.29) is 11.3 Å². The third-order valence-electron chi connectivity index (χ3n) is 2.43. The number of benzene rings is 1. The van der Waals surface area contributed by atoms with Gasteiger partial charge in [0.15, 0.2) is 5.69 Å². The summed E-state index contributed by atoms with van der Waals surface area (Å²) in [6, 6.07) is 4.80. The van der Waals surface area contributed by atoms with Crippen LogP contribution in [0.3, 0.4) is 0 Å². The molecular weight excluding hydrogens is 234 g/mol. The number of carbonyl (C=O) groups is 1. The number of H-pyrrole nitrogens is 1. The maximum absolute atomic E-state index is 11.6. The fourth-order valence-electron chi connectivity index (χ4n) is 1.61. The van der Waals surface area contributed by atoms with Gasteiger partial charge in [0.1, 0.15) is 0 Å². The molecule has 6 nitrogen and oxygen atoms in total. The van der Waals surface area contributed by atoms with E-state index in [0.717, 1.165) is 0 Å². The smallest absolute Gasteiger partial charge is 0.359 e. The van der Waals surface area contributed by atoms with Crippen molar-refractivity contribution < 1.29 is 9.53 Å². The summed E-state index contributed by atoms with van der Waals surface area (Å²) in [5.74, 6) is 1.50. The lowest BCUT2D eigenvalue weighted by molar-refractivity contribution is 0.0595. The number of aromatic amines is 1. The van der Waals surface area contributed by atoms with Gasteiger partial charge in [-0.2, -0.15) is 5.10 Å². The molecule has 0 amide bonds. The Hall–Kier alpha value is -2.72. The molecule has 0 aliphatic rings. The Morgan fingerprint density at radius 3 is 2.94 bits per heavy atom. The maximum atomic E-state index is 11.6. The van der Waals surface area contributed by atoms with Crippen molar-refractivity contribution in [3.05, 3.63) is 39.8 Å². The Morgan fingerprint density at radius 2 is 2.28 bits per heavy atom. The lowest BCUT2D eigenvalue weighted by Gasteiger charge is -2.03. The zero-order valence-electron chi connectivity index (χ0n) is 9.48. The van der Waals surface area contributed by atoms with E-state index in [2.05, 4.69) is 20.8 Å². The van der Waals surface area contributed by atoms with E-state index in [1.54, 1.807) is 18.2 Å². The molecule has 0 spiro atoms. The molecule has 18 heavy (non-hydrogen) atoms. The van der Waals surface area contributed by atoms with Gasteiger partial charge in [-0.25, -0.2) is 9.89 Å². The van der Waals surface area contributed by atoms with Crippen LogP contribution in [0.1, 0.15) is 16.1 Å². The zero-order valence-corrected chi connectivity index (χ0v) is 9.48. The van der Waals surface area contributed by atoms with E-state index in [0.29, 0.717) is 16.3 Å². The predicted molar refractivity (Wildman–Crippen MR) is 65.9 cm³/mol. The third-order valence-corrected chi connectivity index (χ3v) is 2.43. The van der Waals surface area contributed by atoms with Gasteiger partial charge in [0.2, 0.25) is 0 Å². The number of fused-ring (bicyclic) bond motifs is 1. The highest BCUT2D eigenvalue weighted by molar-refractivity contribution is 6.02. The maximum Gasteiger partial charge on any atom is 0.359 e. The average Bonchev–Trinajstić information content (AvgIpc) is 2.39. The largest absolute Gasteiger partial charge is 0.464 e. The third kappa shape index (κ3) is 1.92. The second-order valence-corrected chi connectivity index (χ2v) is 3.49. The molecular formula is C12H9N3O3. The van der Waals surface area contributed by atoms with Crippen molar-refractivity contribution in [2.75, 3.05) is 7.11 Å². The van der Waals surface area contributed by atoms with Crippen LogP contribution >= 0.6 is 0 Å². The number of hydrogen-bond donors (Lipinski definition) is 2. The van der Waals surface area contributed by atoms with E-state index < -0.39 is 5.97 Å². The van der Waals surface area contributed by atoms with Gasteiger partial charge in [0, 0.05) is 11.5 Å². The SMILES string of the molecule is COC(=O)c1n[nH]c(=O)c2ccc(C=C=N)cc12. The Morgan fingerprint density at radius 1 is 1.50 bits per heavy atom. The molecule has 0 bridgehead atoms. The first-order valence-electron chi connectivity index (χ1n) is 5.03. The first-order valence-corrected chi connectivity index (χ1v) is 5.03. The molecule has 0 aliphatic carbocycles. The van der Waals surface area contributed by atoms with E-state index in [1.165, 1.54) is 13.2 Å². The molecule has 1 heterocycles. The fraction of sp³-hybridized carbons (Fsp3) is 0.0833. The minimum Gasteiger partial charge on any atom is -0.464 e. The zero-order chi connectivity index (χ0) is 13.1. The number of carbonyl (C=O) groups excluding carboxylic acids is 1. The van der Waals surface area contributed by atoms with E-state index in [1.807, 2.05) is 0 Å². The number of methoxy groups -OCH3 is 1. The van der Waals surface area contributed by atoms with Gasteiger partial charge in [0.25, 0.3) is 5.56 Å². The van der Waals surface area contributed by atoms with Gasteiger partial charge in [-0.1, -0.05) is 6.07 Å². The summed E-state index contributed by atoms with van der Waals surface area (Å²) < 4.78 is 4.60. The van der Waals surface area contributed by atoms with Crippen LogP contribution < -0.4 is 5.56 Å². The van der Waals surface area contributed by atoms with Gasteiger partial charge in [-0.3, -0.25) is 10.2 Å². The topological polar surface area (TPSA) is 95.9 Å². The normalized spacial score (nSPS) is 9.83. The van der Waals surface area contributed by atoms with Crippen molar-refractivity contribution in [1.82, 2.24) is 10.2 Å². The summed E-state index contributed by atoms with van der Waals surface area (Å²) in [5, 5.41) is 13.5. The summed E-state index contributed by atoms with van der Waals surface area (Å²) in [6.45, 7) is 0. The first-order chi connectivity index (χ1) is 8.67. The quantitative estimate of drug-likeness (QED) is 0.606. The minimum atomic E-state index is -0.632. The Bertz CT molecular complexity index is 727. The minimum absolute atomic E-state index is 0.0346. The number of esters is 1. The number of ether oxygens (including phenoxy) is 1. The molecule has 0 unspecified atom stereocenters. The molecule has 0 saturated carbocycles. The molecule has 90 valence electrons. The van der Waals surface area contributed by atoms with Crippen LogP contribution in [0.4, 0.5) is 0 Å². The van der Waals surface area contributed by atoms with Crippen LogP contribution in [0.25, 0.3) is 16.8 Å². The summed E-state index contributed by atoms with van der Waals surface area (Å²) in [5.41, 5.74) is 0.297. The van der Waals surface area contributed by atoms with Gasteiger partial charge in [0.05, 0.1) is 12.5 Å². The lowest BCUT2D eigenvalue weighted by atomic mass is 10.1. The van der Waals surface area contributed by atoms with Gasteiger partial charge < -0.3 is 4.74 Å². The number of rotatable bonds is 2. The molecule has 0 radical (unpaired) electrons. The highest BCUT2D eigenvalue weighted by Gasteiger charge is 2.14. The van der Waals surface area contributed by atoms with Crippen molar-refractivity contribution in [3.63, 3.8) is 0 Å². The number of aromatic nitrogens is 2. The first kappa shape index (κ1) is 11.8. The molecule has 2 rings (SSSR count). The standard InChI is InChI=1S/C12H9N3O3/c1-18-12(17)10-9-6-7(4-5-13)2-3-8(9)11(16)15-14-10/h2-4,6,13H,1H3,(H,15,16). The number of nitrogens with zero attached hydrogens (tertiary/aromatic N) is 1. The van der Waals surface area contributed by atoms with Crippen molar-refractivity contribution >= 4 is 28.7 Å². The molecule has 2 N–H and O–H groups in total. The second-order valence-electron chi connectivity index (χ2n) is 3.49. The molecule has 0 fully saturated rings. The van der Waals surface area contributed by atoms with Crippen molar-refractivity contribution in [2.24, 2.45) is 0 Å². The highest BCUT2D eigenvalue weighted by Crippen LogP contribution is 2.16. The highest BCUT2D eigenvalue weighted by atomic mass is 16.5. The predicted octanol–water partition coefficient (Wildman–Crippen LogP) is 0.971. The monoisotopic (exact) mass is 243 g/mol. The number of hydrogen-bond acceptors (Lipinski definition) is 5. The van der Waals surface area contributed by atoms with E-state index in [4.69, 9.17) is 5.41 Å². The molecule has 1 aromatic carbocycles. The van der Waals surface area contributed by atoms with Crippen molar-refractivity contribution in [3.8, 4) is 0 Å². The van der Waals surface area contributed by atoms with Crippen molar-refractivity contribution in [1.29, 1.82) is 5.41 Å².